The molecule has 90 valence electrons. The number of benzene rings is 1. The highest BCUT2D eigenvalue weighted by Crippen LogP contribution is 2.36. The fourth-order valence-electron chi connectivity index (χ4n) is 1.47. The SMILES string of the molecule is COc1cc(C(F)F)c(OC)cc1C(C)N. The molecule has 0 aliphatic rings. The molecule has 0 aromatic heterocycles. The lowest BCUT2D eigenvalue weighted by molar-refractivity contribution is 0.146. The van der Waals surface area contributed by atoms with E-state index in [0.29, 0.717) is 11.3 Å². The molecule has 0 saturated heterocycles. The van der Waals surface area contributed by atoms with Gasteiger partial charge in [0, 0.05) is 11.6 Å². The highest BCUT2D eigenvalue weighted by molar-refractivity contribution is 5.48. The van der Waals surface area contributed by atoms with Crippen LogP contribution in [-0.2, 0) is 0 Å². The van der Waals surface area contributed by atoms with Crippen LogP contribution in [0.15, 0.2) is 12.1 Å². The molecule has 16 heavy (non-hydrogen) atoms. The Hall–Kier alpha value is -1.36. The second-order valence-corrected chi connectivity index (χ2v) is 3.43. The number of hydrogen-bond acceptors (Lipinski definition) is 3. The van der Waals surface area contributed by atoms with E-state index in [1.54, 1.807) is 6.92 Å². The first-order valence-electron chi connectivity index (χ1n) is 4.80. The molecule has 0 aliphatic carbocycles. The first kappa shape index (κ1) is 12.7. The maximum atomic E-state index is 12.7. The van der Waals surface area contributed by atoms with Crippen LogP contribution in [0.3, 0.4) is 0 Å². The van der Waals surface area contributed by atoms with E-state index in [1.165, 1.54) is 26.4 Å². The third-order valence-corrected chi connectivity index (χ3v) is 2.31. The Labute approximate surface area is 93.2 Å². The highest BCUT2D eigenvalue weighted by atomic mass is 19.3. The van der Waals surface area contributed by atoms with Gasteiger partial charge >= 0.3 is 0 Å². The second kappa shape index (κ2) is 5.12. The van der Waals surface area contributed by atoms with Gasteiger partial charge in [0.15, 0.2) is 0 Å². The predicted molar refractivity (Wildman–Crippen MR) is 57.1 cm³/mol. The molecule has 0 heterocycles. The van der Waals surface area contributed by atoms with Crippen LogP contribution >= 0.6 is 0 Å². The van der Waals surface area contributed by atoms with Gasteiger partial charge in [0.1, 0.15) is 11.5 Å². The van der Waals surface area contributed by atoms with E-state index in [9.17, 15) is 8.78 Å². The van der Waals surface area contributed by atoms with Crippen molar-refractivity contribution in [2.45, 2.75) is 19.4 Å². The van der Waals surface area contributed by atoms with Crippen molar-refractivity contribution in [3.8, 4) is 11.5 Å². The predicted octanol–water partition coefficient (Wildman–Crippen LogP) is 2.66. The number of nitrogens with two attached hydrogens (primary N) is 1. The van der Waals surface area contributed by atoms with Crippen molar-refractivity contribution in [1.29, 1.82) is 0 Å². The first-order valence-corrected chi connectivity index (χ1v) is 4.80. The van der Waals surface area contributed by atoms with Gasteiger partial charge in [-0.15, -0.1) is 0 Å². The van der Waals surface area contributed by atoms with Gasteiger partial charge in [0.2, 0.25) is 0 Å². The third kappa shape index (κ3) is 2.41. The summed E-state index contributed by atoms with van der Waals surface area (Å²) in [5, 5.41) is 0. The molecule has 1 rings (SSSR count). The molecular formula is C11H15F2NO2. The topological polar surface area (TPSA) is 44.5 Å². The molecule has 0 spiro atoms. The van der Waals surface area contributed by atoms with Crippen LogP contribution in [0.2, 0.25) is 0 Å². The summed E-state index contributed by atoms with van der Waals surface area (Å²) in [6.45, 7) is 1.75. The summed E-state index contributed by atoms with van der Waals surface area (Å²) < 4.78 is 35.3. The largest absolute Gasteiger partial charge is 0.496 e. The maximum absolute atomic E-state index is 12.7. The van der Waals surface area contributed by atoms with Crippen molar-refractivity contribution in [3.63, 3.8) is 0 Å². The number of ether oxygens (including phenoxy) is 2. The first-order chi connectivity index (χ1) is 7.51. The number of rotatable bonds is 4. The number of halogens is 2. The Kier molecular flexibility index (Phi) is 4.06. The fourth-order valence-corrected chi connectivity index (χ4v) is 1.47. The molecule has 0 fully saturated rings. The fraction of sp³-hybridized carbons (Fsp3) is 0.455. The number of alkyl halides is 2. The Bertz CT molecular complexity index is 331. The summed E-state index contributed by atoms with van der Waals surface area (Å²) in [6.07, 6.45) is -2.61. The summed E-state index contributed by atoms with van der Waals surface area (Å²) in [5.74, 6) is 0.481. The van der Waals surface area contributed by atoms with Gasteiger partial charge in [-0.1, -0.05) is 0 Å². The minimum atomic E-state index is -2.61. The molecular weight excluding hydrogens is 216 g/mol. The average molecular weight is 231 g/mol. The molecule has 0 aliphatic heterocycles. The van der Waals surface area contributed by atoms with Crippen molar-refractivity contribution >= 4 is 0 Å². The van der Waals surface area contributed by atoms with Gasteiger partial charge in [-0.25, -0.2) is 8.78 Å². The zero-order valence-corrected chi connectivity index (χ0v) is 9.46. The van der Waals surface area contributed by atoms with E-state index >= 15 is 0 Å². The average Bonchev–Trinajstić information content (AvgIpc) is 2.26. The lowest BCUT2D eigenvalue weighted by Crippen LogP contribution is -2.08. The molecule has 0 amide bonds. The normalized spacial score (nSPS) is 12.7. The van der Waals surface area contributed by atoms with Gasteiger partial charge in [-0.05, 0) is 19.1 Å². The van der Waals surface area contributed by atoms with Crippen LogP contribution in [0.1, 0.15) is 30.5 Å². The Morgan fingerprint density at radius 2 is 1.50 bits per heavy atom. The van der Waals surface area contributed by atoms with E-state index in [0.717, 1.165) is 0 Å². The molecule has 5 heteroatoms. The summed E-state index contributed by atoms with van der Waals surface area (Å²) in [7, 11) is 2.77. The lowest BCUT2D eigenvalue weighted by atomic mass is 10.0. The van der Waals surface area contributed by atoms with E-state index in [1.807, 2.05) is 0 Å². The molecule has 0 bridgehead atoms. The number of hydrogen-bond donors (Lipinski definition) is 1. The van der Waals surface area contributed by atoms with Crippen molar-refractivity contribution in [2.75, 3.05) is 14.2 Å². The van der Waals surface area contributed by atoms with Crippen LogP contribution in [0.25, 0.3) is 0 Å². The summed E-state index contributed by atoms with van der Waals surface area (Å²) in [6, 6.07) is 2.45. The van der Waals surface area contributed by atoms with Crippen molar-refractivity contribution in [1.82, 2.24) is 0 Å². The summed E-state index contributed by atoms with van der Waals surface area (Å²) >= 11 is 0. The Balaban J connectivity index is 3.34. The number of methoxy groups -OCH3 is 2. The third-order valence-electron chi connectivity index (χ3n) is 2.31. The molecule has 0 saturated carbocycles. The van der Waals surface area contributed by atoms with E-state index < -0.39 is 6.43 Å². The molecule has 1 aromatic carbocycles. The second-order valence-electron chi connectivity index (χ2n) is 3.43. The van der Waals surface area contributed by atoms with E-state index in [2.05, 4.69) is 0 Å². The summed E-state index contributed by atoms with van der Waals surface area (Å²) in [5.41, 5.74) is 6.17. The van der Waals surface area contributed by atoms with Gasteiger partial charge in [-0.2, -0.15) is 0 Å². The minimum absolute atomic E-state index is 0.128. The maximum Gasteiger partial charge on any atom is 0.267 e. The minimum Gasteiger partial charge on any atom is -0.496 e. The van der Waals surface area contributed by atoms with Crippen LogP contribution in [0, 0.1) is 0 Å². The van der Waals surface area contributed by atoms with Gasteiger partial charge < -0.3 is 15.2 Å². The van der Waals surface area contributed by atoms with Crippen LogP contribution in [0.5, 0.6) is 11.5 Å². The zero-order chi connectivity index (χ0) is 12.3. The lowest BCUT2D eigenvalue weighted by Gasteiger charge is -2.16. The molecule has 1 atom stereocenters. The van der Waals surface area contributed by atoms with Gasteiger partial charge in [0.25, 0.3) is 6.43 Å². The molecule has 0 radical (unpaired) electrons. The Morgan fingerprint density at radius 3 is 1.88 bits per heavy atom. The van der Waals surface area contributed by atoms with Crippen LogP contribution < -0.4 is 15.2 Å². The van der Waals surface area contributed by atoms with E-state index in [-0.39, 0.29) is 17.4 Å². The van der Waals surface area contributed by atoms with Crippen molar-refractivity contribution in [3.05, 3.63) is 23.3 Å². The van der Waals surface area contributed by atoms with Crippen LogP contribution in [0.4, 0.5) is 8.78 Å². The van der Waals surface area contributed by atoms with Crippen molar-refractivity contribution in [2.24, 2.45) is 5.73 Å². The Morgan fingerprint density at radius 1 is 1.06 bits per heavy atom. The monoisotopic (exact) mass is 231 g/mol. The zero-order valence-electron chi connectivity index (χ0n) is 9.46. The highest BCUT2D eigenvalue weighted by Gasteiger charge is 2.19. The molecule has 1 aromatic rings. The van der Waals surface area contributed by atoms with Crippen LogP contribution in [-0.4, -0.2) is 14.2 Å². The van der Waals surface area contributed by atoms with Gasteiger partial charge in [-0.3, -0.25) is 0 Å². The standard InChI is InChI=1S/C11H15F2NO2/c1-6(14)7-4-10(16-3)8(11(12)13)5-9(7)15-2/h4-6,11H,14H2,1-3H3. The molecule has 3 nitrogen and oxygen atoms in total. The summed E-state index contributed by atoms with van der Waals surface area (Å²) in [4.78, 5) is 0. The quantitative estimate of drug-likeness (QED) is 0.866. The molecule has 2 N–H and O–H groups in total. The van der Waals surface area contributed by atoms with E-state index in [4.69, 9.17) is 15.2 Å². The van der Waals surface area contributed by atoms with Gasteiger partial charge in [0.05, 0.1) is 19.8 Å². The molecule has 1 unspecified atom stereocenters. The smallest absolute Gasteiger partial charge is 0.267 e. The van der Waals surface area contributed by atoms with Crippen molar-refractivity contribution < 1.29 is 18.3 Å².